The van der Waals surface area contributed by atoms with Crippen LogP contribution in [0.25, 0.3) is 0 Å². The lowest BCUT2D eigenvalue weighted by atomic mass is 10.2. The Balaban J connectivity index is 2.09. The first-order valence-corrected chi connectivity index (χ1v) is 10.0. The number of nitro benzene ring substituents is 1. The molecular weight excluding hydrogens is 360 g/mol. The first kappa shape index (κ1) is 20.1. The van der Waals surface area contributed by atoms with Crippen LogP contribution in [0.3, 0.4) is 0 Å². The number of hydrogen-bond donors (Lipinski definition) is 1. The summed E-state index contributed by atoms with van der Waals surface area (Å²) in [7, 11) is -3.75. The fourth-order valence-corrected chi connectivity index (χ4v) is 4.43. The molecule has 9 nitrogen and oxygen atoms in total. The van der Waals surface area contributed by atoms with Crippen molar-refractivity contribution in [3.05, 3.63) is 34.4 Å². The normalized spacial score (nSPS) is 17.6. The van der Waals surface area contributed by atoms with Gasteiger partial charge in [-0.25, -0.2) is 13.2 Å². The van der Waals surface area contributed by atoms with Crippen LogP contribution in [0.1, 0.15) is 26.7 Å². The van der Waals surface area contributed by atoms with E-state index in [1.807, 2.05) is 13.8 Å². The van der Waals surface area contributed by atoms with Gasteiger partial charge in [-0.3, -0.25) is 10.1 Å². The van der Waals surface area contributed by atoms with E-state index in [-0.39, 0.29) is 29.2 Å². The molecular formula is C16H24N4O5S. The van der Waals surface area contributed by atoms with E-state index in [0.29, 0.717) is 32.5 Å². The number of carbonyl (C=O) groups is 1. The van der Waals surface area contributed by atoms with Gasteiger partial charge in [-0.1, -0.05) is 6.92 Å². The minimum absolute atomic E-state index is 0.0298. The number of nitrogens with one attached hydrogen (secondary N) is 1. The fourth-order valence-electron chi connectivity index (χ4n) is 2.89. The molecule has 1 aromatic rings. The zero-order valence-electron chi connectivity index (χ0n) is 14.9. The monoisotopic (exact) mass is 384 g/mol. The molecule has 0 spiro atoms. The summed E-state index contributed by atoms with van der Waals surface area (Å²) in [5.74, 6) is 0. The van der Waals surface area contributed by atoms with Gasteiger partial charge in [0.2, 0.25) is 10.0 Å². The van der Waals surface area contributed by atoms with Crippen molar-refractivity contribution in [3.63, 3.8) is 0 Å². The highest BCUT2D eigenvalue weighted by Crippen LogP contribution is 2.21. The molecule has 0 saturated carbocycles. The standard InChI is InChI=1S/C16H24N4O5S/c1-3-10-19(11-9-13-12-18(4-2)16(21)17-13)26(24,25)15-7-5-14(6-8-15)20(22)23/h5-8,13H,3-4,9-12H2,1-2H3,(H,17,21). The number of non-ortho nitro benzene ring substituents is 1. The highest BCUT2D eigenvalue weighted by Gasteiger charge is 2.30. The maximum absolute atomic E-state index is 12.9. The Morgan fingerprint density at radius 3 is 2.42 bits per heavy atom. The summed E-state index contributed by atoms with van der Waals surface area (Å²) < 4.78 is 27.1. The number of urea groups is 1. The summed E-state index contributed by atoms with van der Waals surface area (Å²) in [6.45, 7) is 5.57. The molecule has 0 aromatic heterocycles. The van der Waals surface area contributed by atoms with Gasteiger partial charge in [-0.15, -0.1) is 0 Å². The second-order valence-corrected chi connectivity index (χ2v) is 8.07. The van der Waals surface area contributed by atoms with Gasteiger partial charge in [-0.2, -0.15) is 4.31 Å². The summed E-state index contributed by atoms with van der Waals surface area (Å²) in [5.41, 5.74) is -0.153. The van der Waals surface area contributed by atoms with Crippen LogP contribution in [0, 0.1) is 10.1 Å². The Morgan fingerprint density at radius 1 is 1.27 bits per heavy atom. The second-order valence-electron chi connectivity index (χ2n) is 6.13. The van der Waals surface area contributed by atoms with E-state index in [1.165, 1.54) is 28.6 Å². The Kier molecular flexibility index (Phi) is 6.54. The number of nitrogens with zero attached hydrogens (tertiary/aromatic N) is 3. The van der Waals surface area contributed by atoms with Crippen molar-refractivity contribution in [1.82, 2.24) is 14.5 Å². The molecule has 26 heavy (non-hydrogen) atoms. The van der Waals surface area contributed by atoms with Crippen LogP contribution in [0.2, 0.25) is 0 Å². The first-order valence-electron chi connectivity index (χ1n) is 8.59. The van der Waals surface area contributed by atoms with Gasteiger partial charge >= 0.3 is 6.03 Å². The van der Waals surface area contributed by atoms with Gasteiger partial charge in [0.05, 0.1) is 9.82 Å². The van der Waals surface area contributed by atoms with Gasteiger partial charge in [0.25, 0.3) is 5.69 Å². The Bertz CT molecular complexity index is 750. The minimum Gasteiger partial charge on any atom is -0.333 e. The van der Waals surface area contributed by atoms with Gasteiger partial charge in [0.15, 0.2) is 0 Å². The number of rotatable bonds is 9. The van der Waals surface area contributed by atoms with Gasteiger partial charge in [0.1, 0.15) is 0 Å². The van der Waals surface area contributed by atoms with Crippen LogP contribution in [0.4, 0.5) is 10.5 Å². The van der Waals surface area contributed by atoms with Crippen LogP contribution < -0.4 is 5.32 Å². The van der Waals surface area contributed by atoms with E-state index in [2.05, 4.69) is 5.32 Å². The average molecular weight is 384 g/mol. The summed E-state index contributed by atoms with van der Waals surface area (Å²) >= 11 is 0. The molecule has 144 valence electrons. The number of hydrogen-bond acceptors (Lipinski definition) is 5. The van der Waals surface area contributed by atoms with Crippen LogP contribution in [0.15, 0.2) is 29.2 Å². The molecule has 1 atom stereocenters. The van der Waals surface area contributed by atoms with E-state index in [1.54, 1.807) is 4.90 Å². The summed E-state index contributed by atoms with van der Waals surface area (Å²) in [6, 6.07) is 4.67. The van der Waals surface area contributed by atoms with E-state index in [4.69, 9.17) is 0 Å². The van der Waals surface area contributed by atoms with Gasteiger partial charge in [0, 0.05) is 44.4 Å². The molecule has 1 aliphatic heterocycles. The largest absolute Gasteiger partial charge is 0.333 e. The lowest BCUT2D eigenvalue weighted by Crippen LogP contribution is -2.37. The molecule has 1 fully saturated rings. The van der Waals surface area contributed by atoms with Gasteiger partial charge in [-0.05, 0) is 31.9 Å². The van der Waals surface area contributed by atoms with E-state index >= 15 is 0 Å². The third-order valence-electron chi connectivity index (χ3n) is 4.32. The number of amides is 2. The minimum atomic E-state index is -3.75. The predicted molar refractivity (Wildman–Crippen MR) is 96.3 cm³/mol. The van der Waals surface area contributed by atoms with E-state index in [9.17, 15) is 23.3 Å². The summed E-state index contributed by atoms with van der Waals surface area (Å²) in [5, 5.41) is 13.6. The molecule has 0 radical (unpaired) electrons. The van der Waals surface area contributed by atoms with Crippen molar-refractivity contribution in [2.45, 2.75) is 37.6 Å². The third kappa shape index (κ3) is 4.50. The molecule has 2 amide bonds. The van der Waals surface area contributed by atoms with Crippen LogP contribution in [-0.4, -0.2) is 60.8 Å². The zero-order chi connectivity index (χ0) is 19.3. The lowest BCUT2D eigenvalue weighted by Gasteiger charge is -2.23. The SMILES string of the molecule is CCCN(CCC1CN(CC)C(=O)N1)S(=O)(=O)c1ccc([N+](=O)[O-])cc1. The molecule has 1 heterocycles. The smallest absolute Gasteiger partial charge is 0.317 e. The molecule has 0 bridgehead atoms. The first-order chi connectivity index (χ1) is 12.3. The van der Waals surface area contributed by atoms with Crippen molar-refractivity contribution >= 4 is 21.7 Å². The quantitative estimate of drug-likeness (QED) is 0.515. The van der Waals surface area contributed by atoms with Crippen molar-refractivity contribution < 1.29 is 18.1 Å². The van der Waals surface area contributed by atoms with Crippen molar-refractivity contribution in [2.75, 3.05) is 26.2 Å². The van der Waals surface area contributed by atoms with Crippen molar-refractivity contribution in [1.29, 1.82) is 0 Å². The number of carbonyl (C=O) groups excluding carboxylic acids is 1. The highest BCUT2D eigenvalue weighted by molar-refractivity contribution is 7.89. The van der Waals surface area contributed by atoms with Crippen LogP contribution >= 0.6 is 0 Å². The molecule has 1 aromatic carbocycles. The zero-order valence-corrected chi connectivity index (χ0v) is 15.7. The summed E-state index contributed by atoms with van der Waals surface area (Å²) in [4.78, 5) is 23.6. The van der Waals surface area contributed by atoms with Crippen LogP contribution in [-0.2, 0) is 10.0 Å². The molecule has 1 saturated heterocycles. The maximum atomic E-state index is 12.9. The second kappa shape index (κ2) is 8.45. The van der Waals surface area contributed by atoms with Crippen molar-refractivity contribution in [3.8, 4) is 0 Å². The number of likely N-dealkylation sites (N-methyl/N-ethyl adjacent to an activating group) is 1. The molecule has 1 aliphatic rings. The van der Waals surface area contributed by atoms with E-state index < -0.39 is 14.9 Å². The number of benzene rings is 1. The lowest BCUT2D eigenvalue weighted by molar-refractivity contribution is -0.384. The molecule has 0 aliphatic carbocycles. The molecule has 1 N–H and O–H groups in total. The molecule has 2 rings (SSSR count). The maximum Gasteiger partial charge on any atom is 0.317 e. The molecule has 10 heteroatoms. The number of nitro groups is 1. The molecule has 1 unspecified atom stereocenters. The average Bonchev–Trinajstić information content (AvgIpc) is 2.98. The predicted octanol–water partition coefficient (Wildman–Crippen LogP) is 1.80. The fraction of sp³-hybridized carbons (Fsp3) is 0.562. The van der Waals surface area contributed by atoms with Crippen LogP contribution in [0.5, 0.6) is 0 Å². The highest BCUT2D eigenvalue weighted by atomic mass is 32.2. The van der Waals surface area contributed by atoms with E-state index in [0.717, 1.165) is 0 Å². The van der Waals surface area contributed by atoms with Crippen molar-refractivity contribution in [2.24, 2.45) is 0 Å². The Morgan fingerprint density at radius 2 is 1.92 bits per heavy atom. The Hall–Kier alpha value is -2.20. The topological polar surface area (TPSA) is 113 Å². The third-order valence-corrected chi connectivity index (χ3v) is 6.24. The number of sulfonamides is 1. The Labute approximate surface area is 153 Å². The van der Waals surface area contributed by atoms with Gasteiger partial charge < -0.3 is 10.2 Å². The summed E-state index contributed by atoms with van der Waals surface area (Å²) in [6.07, 6.45) is 1.15.